The summed E-state index contributed by atoms with van der Waals surface area (Å²) < 4.78 is 5.48. The number of esters is 1. The molecule has 0 amide bonds. The third kappa shape index (κ3) is 2.54. The van der Waals surface area contributed by atoms with Gasteiger partial charge in [-0.3, -0.25) is 14.6 Å². The fraction of sp³-hybridized carbons (Fsp3) is 0.429. The van der Waals surface area contributed by atoms with E-state index in [0.717, 1.165) is 10.9 Å². The van der Waals surface area contributed by atoms with Crippen LogP contribution in [0.5, 0.6) is 0 Å². The van der Waals surface area contributed by atoms with Crippen molar-refractivity contribution in [2.24, 2.45) is 0 Å². The SMILES string of the molecule is CCC(=O)OCn1ncc(=O)[nH]c1=O. The summed E-state index contributed by atoms with van der Waals surface area (Å²) in [5.41, 5.74) is -1.30. The molecule has 0 aliphatic carbocycles. The number of rotatable bonds is 3. The molecule has 1 aromatic rings. The van der Waals surface area contributed by atoms with E-state index in [9.17, 15) is 14.4 Å². The number of aromatic nitrogens is 3. The van der Waals surface area contributed by atoms with Crippen LogP contribution in [0.2, 0.25) is 0 Å². The van der Waals surface area contributed by atoms with Crippen molar-refractivity contribution in [3.63, 3.8) is 0 Å². The molecule has 7 heteroatoms. The molecule has 1 rings (SSSR count). The zero-order chi connectivity index (χ0) is 10.6. The molecule has 0 bridgehead atoms. The third-order valence-corrected chi connectivity index (χ3v) is 1.42. The molecule has 0 radical (unpaired) electrons. The molecule has 1 heterocycles. The number of H-pyrrole nitrogens is 1. The first-order valence-electron chi connectivity index (χ1n) is 3.95. The van der Waals surface area contributed by atoms with Crippen LogP contribution < -0.4 is 11.2 Å². The molecule has 0 unspecified atom stereocenters. The Morgan fingerprint density at radius 1 is 1.64 bits per heavy atom. The van der Waals surface area contributed by atoms with Gasteiger partial charge in [-0.25, -0.2) is 4.79 Å². The highest BCUT2D eigenvalue weighted by Crippen LogP contribution is 1.84. The number of carbonyl (C=O) groups excluding carboxylic acids is 1. The van der Waals surface area contributed by atoms with Gasteiger partial charge < -0.3 is 4.74 Å². The second-order valence-corrected chi connectivity index (χ2v) is 2.44. The average molecular weight is 199 g/mol. The molecule has 0 aliphatic heterocycles. The van der Waals surface area contributed by atoms with Gasteiger partial charge in [-0.1, -0.05) is 6.92 Å². The van der Waals surface area contributed by atoms with Crippen LogP contribution in [0, 0.1) is 0 Å². The Morgan fingerprint density at radius 3 is 2.93 bits per heavy atom. The third-order valence-electron chi connectivity index (χ3n) is 1.42. The van der Waals surface area contributed by atoms with E-state index < -0.39 is 17.2 Å². The monoisotopic (exact) mass is 199 g/mol. The molecule has 0 atom stereocenters. The summed E-state index contributed by atoms with van der Waals surface area (Å²) in [4.78, 5) is 34.3. The lowest BCUT2D eigenvalue weighted by Crippen LogP contribution is -2.32. The van der Waals surface area contributed by atoms with E-state index in [2.05, 4.69) is 9.84 Å². The van der Waals surface area contributed by atoms with E-state index in [1.807, 2.05) is 4.98 Å². The Morgan fingerprint density at radius 2 is 2.36 bits per heavy atom. The van der Waals surface area contributed by atoms with Gasteiger partial charge >= 0.3 is 11.7 Å². The quantitative estimate of drug-likeness (QED) is 0.620. The molecule has 7 nitrogen and oxygen atoms in total. The maximum Gasteiger partial charge on any atom is 0.347 e. The number of aromatic amines is 1. The van der Waals surface area contributed by atoms with Crippen molar-refractivity contribution in [1.29, 1.82) is 0 Å². The number of nitrogens with one attached hydrogen (secondary N) is 1. The second kappa shape index (κ2) is 4.35. The average Bonchev–Trinajstić information content (AvgIpc) is 2.16. The normalized spacial score (nSPS) is 9.79. The van der Waals surface area contributed by atoms with Crippen molar-refractivity contribution in [2.75, 3.05) is 0 Å². The van der Waals surface area contributed by atoms with Gasteiger partial charge in [0, 0.05) is 6.42 Å². The zero-order valence-electron chi connectivity index (χ0n) is 7.52. The lowest BCUT2D eigenvalue weighted by Gasteiger charge is -2.03. The van der Waals surface area contributed by atoms with Crippen molar-refractivity contribution in [3.8, 4) is 0 Å². The van der Waals surface area contributed by atoms with Crippen molar-refractivity contribution < 1.29 is 9.53 Å². The number of carbonyl (C=O) groups is 1. The van der Waals surface area contributed by atoms with Crippen LogP contribution >= 0.6 is 0 Å². The van der Waals surface area contributed by atoms with E-state index in [0.29, 0.717) is 0 Å². The minimum Gasteiger partial charge on any atom is -0.442 e. The molecule has 0 aromatic carbocycles. The molecular weight excluding hydrogens is 190 g/mol. The smallest absolute Gasteiger partial charge is 0.347 e. The van der Waals surface area contributed by atoms with E-state index in [1.165, 1.54) is 0 Å². The molecule has 0 aliphatic rings. The lowest BCUT2D eigenvalue weighted by molar-refractivity contribution is -0.147. The minimum absolute atomic E-state index is 0.220. The molecule has 76 valence electrons. The number of hydrogen-bond donors (Lipinski definition) is 1. The first-order chi connectivity index (χ1) is 6.63. The Balaban J connectivity index is 2.73. The summed E-state index contributed by atoms with van der Waals surface area (Å²) in [7, 11) is 0. The highest BCUT2D eigenvalue weighted by molar-refractivity contribution is 5.68. The Hall–Kier alpha value is -1.92. The van der Waals surface area contributed by atoms with E-state index in [1.54, 1.807) is 6.92 Å². The molecular formula is C7H9N3O4. The standard InChI is InChI=1S/C7H9N3O4/c1-2-6(12)14-4-10-7(13)9-5(11)3-8-10/h3H,2,4H2,1H3,(H,9,11,13). The topological polar surface area (TPSA) is 94.1 Å². The zero-order valence-corrected chi connectivity index (χ0v) is 7.52. The fourth-order valence-corrected chi connectivity index (χ4v) is 0.704. The summed E-state index contributed by atoms with van der Waals surface area (Å²) in [6.45, 7) is 1.34. The fourth-order valence-electron chi connectivity index (χ4n) is 0.704. The maximum absolute atomic E-state index is 11.0. The first kappa shape index (κ1) is 10.2. The molecule has 0 saturated heterocycles. The van der Waals surface area contributed by atoms with Crippen molar-refractivity contribution in [1.82, 2.24) is 14.8 Å². The second-order valence-electron chi connectivity index (χ2n) is 2.44. The summed E-state index contributed by atoms with van der Waals surface area (Å²) in [5.74, 6) is -0.440. The van der Waals surface area contributed by atoms with Crippen molar-refractivity contribution >= 4 is 5.97 Å². The Bertz CT molecular complexity index is 433. The van der Waals surface area contributed by atoms with Gasteiger partial charge in [-0.2, -0.15) is 9.78 Å². The predicted molar refractivity (Wildman–Crippen MR) is 45.5 cm³/mol. The van der Waals surface area contributed by atoms with E-state index in [4.69, 9.17) is 0 Å². The van der Waals surface area contributed by atoms with Crippen molar-refractivity contribution in [2.45, 2.75) is 20.1 Å². The largest absolute Gasteiger partial charge is 0.442 e. The molecule has 14 heavy (non-hydrogen) atoms. The van der Waals surface area contributed by atoms with Gasteiger partial charge in [-0.15, -0.1) is 0 Å². The summed E-state index contributed by atoms with van der Waals surface area (Å²) in [6, 6.07) is 0. The van der Waals surface area contributed by atoms with Gasteiger partial charge in [0.25, 0.3) is 5.56 Å². The van der Waals surface area contributed by atoms with Gasteiger partial charge in [-0.05, 0) is 0 Å². The van der Waals surface area contributed by atoms with E-state index in [-0.39, 0.29) is 13.2 Å². The van der Waals surface area contributed by atoms with Gasteiger partial charge in [0.1, 0.15) is 6.20 Å². The highest BCUT2D eigenvalue weighted by Gasteiger charge is 2.01. The van der Waals surface area contributed by atoms with Gasteiger partial charge in [0.2, 0.25) is 0 Å². The number of nitrogens with zero attached hydrogens (tertiary/aromatic N) is 2. The predicted octanol–water partition coefficient (Wildman–Crippen LogP) is -1.16. The van der Waals surface area contributed by atoms with Crippen LogP contribution in [-0.2, 0) is 16.3 Å². The van der Waals surface area contributed by atoms with Crippen LogP contribution in [-0.4, -0.2) is 20.7 Å². The van der Waals surface area contributed by atoms with Crippen LogP contribution in [0.25, 0.3) is 0 Å². The van der Waals surface area contributed by atoms with Crippen LogP contribution in [0.4, 0.5) is 0 Å². The van der Waals surface area contributed by atoms with Crippen LogP contribution in [0.1, 0.15) is 13.3 Å². The van der Waals surface area contributed by atoms with Crippen LogP contribution in [0.3, 0.4) is 0 Å². The van der Waals surface area contributed by atoms with E-state index >= 15 is 0 Å². The number of ether oxygens (including phenoxy) is 1. The Kier molecular flexibility index (Phi) is 3.16. The maximum atomic E-state index is 11.0. The summed E-state index contributed by atoms with van der Waals surface area (Å²) in [5, 5.41) is 3.47. The van der Waals surface area contributed by atoms with Crippen LogP contribution in [0.15, 0.2) is 15.8 Å². The lowest BCUT2D eigenvalue weighted by atomic mass is 10.5. The highest BCUT2D eigenvalue weighted by atomic mass is 16.5. The van der Waals surface area contributed by atoms with Gasteiger partial charge in [0.05, 0.1) is 0 Å². The van der Waals surface area contributed by atoms with Crippen molar-refractivity contribution in [3.05, 3.63) is 27.0 Å². The Labute approximate surface area is 78.3 Å². The minimum atomic E-state index is -0.707. The molecule has 0 spiro atoms. The molecule has 1 N–H and O–H groups in total. The molecule has 1 aromatic heterocycles. The summed E-state index contributed by atoms with van der Waals surface area (Å²) >= 11 is 0. The van der Waals surface area contributed by atoms with Gasteiger partial charge in [0.15, 0.2) is 6.73 Å². The first-order valence-corrected chi connectivity index (χ1v) is 3.95. The number of hydrogen-bond acceptors (Lipinski definition) is 5. The molecule has 0 fully saturated rings. The summed E-state index contributed by atoms with van der Waals surface area (Å²) in [6.07, 6.45) is 1.15. The molecule has 0 saturated carbocycles.